The summed E-state index contributed by atoms with van der Waals surface area (Å²) in [5.74, 6) is 1.17. The topological polar surface area (TPSA) is 55.1 Å². The molecule has 1 saturated heterocycles. The van der Waals surface area contributed by atoms with Crippen LogP contribution in [0.2, 0.25) is 4.34 Å². The number of halogens is 1. The number of hydrogen-bond donors (Lipinski definition) is 0. The van der Waals surface area contributed by atoms with Gasteiger partial charge in [0.2, 0.25) is 0 Å². The Morgan fingerprint density at radius 1 is 1.36 bits per heavy atom. The molecule has 0 spiro atoms. The van der Waals surface area contributed by atoms with Crippen molar-refractivity contribution in [3.63, 3.8) is 0 Å². The van der Waals surface area contributed by atoms with Gasteiger partial charge in [-0.1, -0.05) is 28.2 Å². The molecule has 1 fully saturated rings. The zero-order valence-electron chi connectivity index (χ0n) is 11.9. The van der Waals surface area contributed by atoms with Crippen LogP contribution in [0.1, 0.15) is 30.3 Å². The largest absolute Gasteiger partial charge is 0.440 e. The number of likely N-dealkylation sites (tertiary alicyclic amines) is 1. The molecule has 1 aromatic carbocycles. The van der Waals surface area contributed by atoms with Crippen molar-refractivity contribution in [3.05, 3.63) is 40.2 Å². The van der Waals surface area contributed by atoms with Crippen LogP contribution in [0.25, 0.3) is 11.1 Å². The Kier molecular flexibility index (Phi) is 3.82. The van der Waals surface area contributed by atoms with E-state index >= 15 is 0 Å². The molecule has 114 valence electrons. The zero-order valence-corrected chi connectivity index (χ0v) is 13.5. The van der Waals surface area contributed by atoms with Crippen molar-refractivity contribution >= 4 is 34.2 Å². The maximum Gasteiger partial charge on any atom is 0.199 e. The molecule has 22 heavy (non-hydrogen) atoms. The van der Waals surface area contributed by atoms with Gasteiger partial charge in [0, 0.05) is 30.5 Å². The van der Waals surface area contributed by atoms with Crippen LogP contribution < -0.4 is 0 Å². The van der Waals surface area contributed by atoms with Crippen LogP contribution in [0.5, 0.6) is 0 Å². The van der Waals surface area contributed by atoms with E-state index < -0.39 is 0 Å². The van der Waals surface area contributed by atoms with E-state index in [-0.39, 0.29) is 0 Å². The zero-order chi connectivity index (χ0) is 14.9. The van der Waals surface area contributed by atoms with Crippen molar-refractivity contribution in [2.75, 3.05) is 13.1 Å². The van der Waals surface area contributed by atoms with Gasteiger partial charge in [-0.05, 0) is 31.5 Å². The molecule has 2 aromatic heterocycles. The van der Waals surface area contributed by atoms with Gasteiger partial charge in [0.25, 0.3) is 0 Å². The molecular weight excluding hydrogens is 320 g/mol. The van der Waals surface area contributed by atoms with Gasteiger partial charge in [-0.15, -0.1) is 5.10 Å². The Hall–Kier alpha value is -1.50. The number of oxazole rings is 1. The summed E-state index contributed by atoms with van der Waals surface area (Å²) < 4.78 is 10.5. The summed E-state index contributed by atoms with van der Waals surface area (Å²) in [5, 5.41) is 4.10. The molecule has 7 heteroatoms. The minimum atomic E-state index is 0.325. The van der Waals surface area contributed by atoms with Gasteiger partial charge in [-0.3, -0.25) is 4.90 Å². The van der Waals surface area contributed by atoms with Crippen molar-refractivity contribution < 1.29 is 4.42 Å². The monoisotopic (exact) mass is 334 g/mol. The summed E-state index contributed by atoms with van der Waals surface area (Å²) in [4.78, 5) is 6.99. The summed E-state index contributed by atoms with van der Waals surface area (Å²) in [6.45, 7) is 2.71. The van der Waals surface area contributed by atoms with Gasteiger partial charge in [-0.2, -0.15) is 0 Å². The van der Waals surface area contributed by atoms with Crippen molar-refractivity contribution in [2.45, 2.75) is 25.3 Å². The number of fused-ring (bicyclic) bond motifs is 1. The van der Waals surface area contributed by atoms with Gasteiger partial charge in [0.05, 0.1) is 0 Å². The Labute approximate surface area is 137 Å². The molecule has 5 nitrogen and oxygen atoms in total. The van der Waals surface area contributed by atoms with Crippen LogP contribution in [0.3, 0.4) is 0 Å². The maximum atomic E-state index is 6.10. The van der Waals surface area contributed by atoms with E-state index in [0.717, 1.165) is 55.2 Å². The first-order valence-electron chi connectivity index (χ1n) is 7.34. The molecule has 3 aromatic rings. The molecule has 1 atom stereocenters. The molecule has 1 unspecified atom stereocenters. The molecule has 0 N–H and O–H groups in total. The lowest BCUT2D eigenvalue weighted by Crippen LogP contribution is -2.34. The summed E-state index contributed by atoms with van der Waals surface area (Å²) >= 11 is 7.34. The number of aromatic nitrogens is 3. The van der Waals surface area contributed by atoms with Crippen LogP contribution >= 0.6 is 23.1 Å². The summed E-state index contributed by atoms with van der Waals surface area (Å²) in [6, 6.07) is 7.91. The standard InChI is InChI=1S/C15H15ClN4OS/c16-14-12(18-19-22-14)9-20-7-3-4-10(8-20)15-17-11-5-1-2-6-13(11)21-15/h1-2,5-6,10H,3-4,7-9H2. The average Bonchev–Trinajstić information content (AvgIpc) is 3.14. The lowest BCUT2D eigenvalue weighted by molar-refractivity contribution is 0.185. The number of benzene rings is 1. The summed E-state index contributed by atoms with van der Waals surface area (Å²) in [7, 11) is 0. The first kappa shape index (κ1) is 14.1. The predicted octanol–water partition coefficient (Wildman–Crippen LogP) is 3.71. The second kappa shape index (κ2) is 5.95. The van der Waals surface area contributed by atoms with E-state index in [1.807, 2.05) is 24.3 Å². The second-order valence-corrected chi connectivity index (χ2v) is 6.94. The highest BCUT2D eigenvalue weighted by atomic mass is 35.5. The third kappa shape index (κ3) is 2.74. The van der Waals surface area contributed by atoms with Crippen LogP contribution in [0.15, 0.2) is 28.7 Å². The van der Waals surface area contributed by atoms with E-state index in [1.54, 1.807) is 0 Å². The van der Waals surface area contributed by atoms with Gasteiger partial charge < -0.3 is 4.42 Å². The molecule has 4 rings (SSSR count). The van der Waals surface area contributed by atoms with Crippen LogP contribution in [-0.4, -0.2) is 32.6 Å². The molecule has 0 saturated carbocycles. The normalized spacial score (nSPS) is 19.8. The maximum absolute atomic E-state index is 6.10. The fourth-order valence-corrected chi connectivity index (χ4v) is 3.58. The minimum absolute atomic E-state index is 0.325. The lowest BCUT2D eigenvalue weighted by Gasteiger charge is -2.30. The van der Waals surface area contributed by atoms with E-state index in [9.17, 15) is 0 Å². The van der Waals surface area contributed by atoms with Crippen molar-refractivity contribution in [2.24, 2.45) is 0 Å². The number of nitrogens with zero attached hydrogens (tertiary/aromatic N) is 4. The van der Waals surface area contributed by atoms with Crippen molar-refractivity contribution in [1.29, 1.82) is 0 Å². The Morgan fingerprint density at radius 3 is 3.09 bits per heavy atom. The molecule has 3 heterocycles. The third-order valence-electron chi connectivity index (χ3n) is 4.05. The summed E-state index contributed by atoms with van der Waals surface area (Å²) in [6.07, 6.45) is 2.23. The van der Waals surface area contributed by atoms with Gasteiger partial charge >= 0.3 is 0 Å². The molecule has 0 amide bonds. The van der Waals surface area contributed by atoms with E-state index in [1.165, 1.54) is 11.5 Å². The number of hydrogen-bond acceptors (Lipinski definition) is 6. The smallest absolute Gasteiger partial charge is 0.199 e. The van der Waals surface area contributed by atoms with Crippen molar-refractivity contribution in [1.82, 2.24) is 19.5 Å². The first-order chi connectivity index (χ1) is 10.8. The Morgan fingerprint density at radius 2 is 2.27 bits per heavy atom. The van der Waals surface area contributed by atoms with Crippen molar-refractivity contribution in [3.8, 4) is 0 Å². The second-order valence-electron chi connectivity index (χ2n) is 5.59. The van der Waals surface area contributed by atoms with E-state index in [0.29, 0.717) is 10.3 Å². The quantitative estimate of drug-likeness (QED) is 0.730. The lowest BCUT2D eigenvalue weighted by atomic mass is 9.98. The van der Waals surface area contributed by atoms with E-state index in [4.69, 9.17) is 16.0 Å². The highest BCUT2D eigenvalue weighted by Gasteiger charge is 2.26. The molecule has 1 aliphatic rings. The first-order valence-corrected chi connectivity index (χ1v) is 8.49. The molecule has 1 aliphatic heterocycles. The van der Waals surface area contributed by atoms with Gasteiger partial charge in [0.15, 0.2) is 11.5 Å². The Bertz CT molecular complexity index is 754. The molecule has 0 radical (unpaired) electrons. The molecular formula is C15H15ClN4OS. The highest BCUT2D eigenvalue weighted by molar-refractivity contribution is 7.10. The number of para-hydroxylation sites is 2. The Balaban J connectivity index is 1.51. The SMILES string of the molecule is Clc1snnc1CN1CCCC(c2nc3ccccc3o2)C1. The number of rotatable bonds is 3. The van der Waals surface area contributed by atoms with E-state index in [2.05, 4.69) is 19.5 Å². The van der Waals surface area contributed by atoms with Crippen LogP contribution in [0, 0.1) is 0 Å². The number of piperidine rings is 1. The van der Waals surface area contributed by atoms with Gasteiger partial charge in [0.1, 0.15) is 15.5 Å². The average molecular weight is 335 g/mol. The minimum Gasteiger partial charge on any atom is -0.440 e. The van der Waals surface area contributed by atoms with Crippen LogP contribution in [0.4, 0.5) is 0 Å². The highest BCUT2D eigenvalue weighted by Crippen LogP contribution is 2.30. The summed E-state index contributed by atoms with van der Waals surface area (Å²) in [5.41, 5.74) is 2.66. The van der Waals surface area contributed by atoms with Gasteiger partial charge in [-0.25, -0.2) is 4.98 Å². The third-order valence-corrected chi connectivity index (χ3v) is 5.03. The predicted molar refractivity (Wildman–Crippen MR) is 86.2 cm³/mol. The molecule has 0 bridgehead atoms. The van der Waals surface area contributed by atoms with Crippen LogP contribution in [-0.2, 0) is 6.54 Å². The fraction of sp³-hybridized carbons (Fsp3) is 0.400. The molecule has 0 aliphatic carbocycles. The fourth-order valence-electron chi connectivity index (χ4n) is 2.97.